The summed E-state index contributed by atoms with van der Waals surface area (Å²) < 4.78 is 5.23. The highest BCUT2D eigenvalue weighted by Gasteiger charge is 2.38. The summed E-state index contributed by atoms with van der Waals surface area (Å²) in [5.41, 5.74) is 0.246. The second kappa shape index (κ2) is 6.88. The first-order chi connectivity index (χ1) is 10.2. The van der Waals surface area contributed by atoms with Gasteiger partial charge in [0, 0.05) is 44.3 Å². The Hall–Kier alpha value is -0.610. The van der Waals surface area contributed by atoms with Crippen LogP contribution >= 0.6 is 0 Å². The van der Waals surface area contributed by atoms with E-state index in [0.29, 0.717) is 24.2 Å². The van der Waals surface area contributed by atoms with Crippen LogP contribution in [-0.2, 0) is 9.53 Å². The van der Waals surface area contributed by atoms with E-state index in [1.165, 1.54) is 0 Å². The maximum absolute atomic E-state index is 12.6. The maximum Gasteiger partial charge on any atom is 0.222 e. The van der Waals surface area contributed by atoms with Crippen LogP contribution in [0.4, 0.5) is 0 Å². The van der Waals surface area contributed by atoms with E-state index in [4.69, 9.17) is 4.74 Å². The average Bonchev–Trinajstić information content (AvgIpc) is 2.36. The molecular weight excluding hydrogens is 276 g/mol. The minimum atomic E-state index is 0.123. The highest BCUT2D eigenvalue weighted by Crippen LogP contribution is 2.35. The van der Waals surface area contributed by atoms with Crippen molar-refractivity contribution in [1.29, 1.82) is 0 Å². The van der Waals surface area contributed by atoms with Gasteiger partial charge >= 0.3 is 0 Å². The first-order valence-electron chi connectivity index (χ1n) is 8.77. The van der Waals surface area contributed by atoms with E-state index in [2.05, 4.69) is 37.9 Å². The molecule has 2 saturated heterocycles. The van der Waals surface area contributed by atoms with Crippen LogP contribution in [0.15, 0.2) is 0 Å². The Labute approximate surface area is 136 Å². The van der Waals surface area contributed by atoms with Crippen LogP contribution in [0.5, 0.6) is 0 Å². The second-order valence-corrected chi connectivity index (χ2v) is 8.65. The molecule has 0 saturated carbocycles. The van der Waals surface area contributed by atoms with Crippen LogP contribution in [0.2, 0.25) is 0 Å². The van der Waals surface area contributed by atoms with Crippen LogP contribution in [0.25, 0.3) is 0 Å². The molecular formula is C18H34N2O2. The third-order valence-electron chi connectivity index (χ3n) is 5.11. The molecule has 0 radical (unpaired) electrons. The highest BCUT2D eigenvalue weighted by atomic mass is 16.5. The standard InChI is InChI=1S/C18H34N2O2/c1-17(2)11-15(12-18(3,4)19-17)10-16(21)20-8-6-14(7-9-20)13-22-5/h14-15,19H,6-13H2,1-5H3. The molecule has 0 aromatic rings. The number of hydrogen-bond donors (Lipinski definition) is 1. The highest BCUT2D eigenvalue weighted by molar-refractivity contribution is 5.76. The predicted molar refractivity (Wildman–Crippen MR) is 89.8 cm³/mol. The number of nitrogens with zero attached hydrogens (tertiary/aromatic N) is 1. The first kappa shape index (κ1) is 17.7. The van der Waals surface area contributed by atoms with Crippen molar-refractivity contribution < 1.29 is 9.53 Å². The number of hydrogen-bond acceptors (Lipinski definition) is 3. The molecule has 0 aromatic carbocycles. The lowest BCUT2D eigenvalue weighted by molar-refractivity contribution is -0.134. The number of piperidine rings is 2. The zero-order valence-electron chi connectivity index (χ0n) is 15.1. The van der Waals surface area contributed by atoms with Gasteiger partial charge in [-0.1, -0.05) is 0 Å². The topological polar surface area (TPSA) is 41.6 Å². The van der Waals surface area contributed by atoms with Crippen LogP contribution < -0.4 is 5.32 Å². The molecule has 1 N–H and O–H groups in total. The molecule has 1 amide bonds. The van der Waals surface area contributed by atoms with Crippen LogP contribution in [-0.4, -0.2) is 48.7 Å². The molecule has 0 unspecified atom stereocenters. The van der Waals surface area contributed by atoms with Crippen molar-refractivity contribution in [1.82, 2.24) is 10.2 Å². The molecule has 0 aliphatic carbocycles. The molecule has 22 heavy (non-hydrogen) atoms. The largest absolute Gasteiger partial charge is 0.384 e. The summed E-state index contributed by atoms with van der Waals surface area (Å²) in [4.78, 5) is 14.7. The molecule has 0 atom stereocenters. The van der Waals surface area contributed by atoms with Crippen LogP contribution in [0, 0.1) is 11.8 Å². The third-order valence-corrected chi connectivity index (χ3v) is 5.11. The lowest BCUT2D eigenvalue weighted by atomic mass is 9.74. The summed E-state index contributed by atoms with van der Waals surface area (Å²) in [6, 6.07) is 0. The van der Waals surface area contributed by atoms with Crippen molar-refractivity contribution in [2.75, 3.05) is 26.8 Å². The van der Waals surface area contributed by atoms with Gasteiger partial charge in [-0.3, -0.25) is 4.79 Å². The van der Waals surface area contributed by atoms with E-state index in [-0.39, 0.29) is 11.1 Å². The summed E-state index contributed by atoms with van der Waals surface area (Å²) in [6.07, 6.45) is 5.06. The SMILES string of the molecule is COCC1CCN(C(=O)CC2CC(C)(C)NC(C)(C)C2)CC1. The number of carbonyl (C=O) groups is 1. The average molecular weight is 310 g/mol. The minimum absolute atomic E-state index is 0.123. The third kappa shape index (κ3) is 4.95. The fourth-order valence-electron chi connectivity index (χ4n) is 4.64. The Morgan fingerprint density at radius 3 is 2.14 bits per heavy atom. The number of methoxy groups -OCH3 is 1. The number of rotatable bonds is 4. The number of nitrogens with one attached hydrogen (secondary N) is 1. The normalized spacial score (nSPS) is 26.1. The van der Waals surface area contributed by atoms with Crippen molar-refractivity contribution in [3.63, 3.8) is 0 Å². The number of ether oxygens (including phenoxy) is 1. The van der Waals surface area contributed by atoms with Gasteiger partial charge in [-0.2, -0.15) is 0 Å². The van der Waals surface area contributed by atoms with Crippen molar-refractivity contribution in [3.8, 4) is 0 Å². The Kier molecular flexibility index (Phi) is 5.54. The van der Waals surface area contributed by atoms with Crippen molar-refractivity contribution in [3.05, 3.63) is 0 Å². The summed E-state index contributed by atoms with van der Waals surface area (Å²) in [5.74, 6) is 1.48. The molecule has 0 spiro atoms. The molecule has 0 aromatic heterocycles. The zero-order chi connectivity index (χ0) is 16.4. The van der Waals surface area contributed by atoms with Crippen LogP contribution in [0.1, 0.15) is 59.8 Å². The van der Waals surface area contributed by atoms with Crippen LogP contribution in [0.3, 0.4) is 0 Å². The van der Waals surface area contributed by atoms with E-state index < -0.39 is 0 Å². The minimum Gasteiger partial charge on any atom is -0.384 e. The van der Waals surface area contributed by atoms with Crippen molar-refractivity contribution in [2.45, 2.75) is 70.9 Å². The van der Waals surface area contributed by atoms with Crippen molar-refractivity contribution in [2.24, 2.45) is 11.8 Å². The Balaban J connectivity index is 1.84. The number of carbonyl (C=O) groups excluding carboxylic acids is 1. The quantitative estimate of drug-likeness (QED) is 0.868. The van der Waals surface area contributed by atoms with Gasteiger partial charge < -0.3 is 15.0 Å². The molecule has 2 fully saturated rings. The maximum atomic E-state index is 12.6. The van der Waals surface area contributed by atoms with Gasteiger partial charge in [-0.05, 0) is 65.2 Å². The molecule has 0 bridgehead atoms. The Bertz CT molecular complexity index is 369. The van der Waals surface area contributed by atoms with Gasteiger partial charge in [0.2, 0.25) is 5.91 Å². The van der Waals surface area contributed by atoms with Gasteiger partial charge in [0.1, 0.15) is 0 Å². The molecule has 4 nitrogen and oxygen atoms in total. The van der Waals surface area contributed by atoms with E-state index in [1.54, 1.807) is 7.11 Å². The summed E-state index contributed by atoms with van der Waals surface area (Å²) in [7, 11) is 1.76. The first-order valence-corrected chi connectivity index (χ1v) is 8.77. The molecule has 2 aliphatic rings. The zero-order valence-corrected chi connectivity index (χ0v) is 15.1. The van der Waals surface area contributed by atoms with Gasteiger partial charge in [0.25, 0.3) is 0 Å². The van der Waals surface area contributed by atoms with Gasteiger partial charge in [-0.15, -0.1) is 0 Å². The second-order valence-electron chi connectivity index (χ2n) is 8.65. The molecule has 4 heteroatoms. The molecule has 2 aliphatic heterocycles. The number of amides is 1. The van der Waals surface area contributed by atoms with Gasteiger partial charge in [0.05, 0.1) is 0 Å². The van der Waals surface area contributed by atoms with Gasteiger partial charge in [0.15, 0.2) is 0 Å². The van der Waals surface area contributed by atoms with E-state index in [9.17, 15) is 4.79 Å². The molecule has 2 rings (SSSR count). The van der Waals surface area contributed by atoms with Crippen molar-refractivity contribution >= 4 is 5.91 Å². The van der Waals surface area contributed by atoms with E-state index in [0.717, 1.165) is 45.4 Å². The Morgan fingerprint density at radius 1 is 1.09 bits per heavy atom. The summed E-state index contributed by atoms with van der Waals surface area (Å²) in [5, 5.41) is 3.70. The fraction of sp³-hybridized carbons (Fsp3) is 0.944. The monoisotopic (exact) mass is 310 g/mol. The summed E-state index contributed by atoms with van der Waals surface area (Å²) in [6.45, 7) is 11.7. The fourth-order valence-corrected chi connectivity index (χ4v) is 4.64. The molecule has 128 valence electrons. The summed E-state index contributed by atoms with van der Waals surface area (Å²) >= 11 is 0. The lowest BCUT2D eigenvalue weighted by Crippen LogP contribution is -2.58. The smallest absolute Gasteiger partial charge is 0.222 e. The lowest BCUT2D eigenvalue weighted by Gasteiger charge is -2.47. The van der Waals surface area contributed by atoms with E-state index in [1.807, 2.05) is 0 Å². The number of likely N-dealkylation sites (tertiary alicyclic amines) is 1. The molecule has 2 heterocycles. The predicted octanol–water partition coefficient (Wildman–Crippen LogP) is 2.82. The Morgan fingerprint density at radius 2 is 1.64 bits per heavy atom. The van der Waals surface area contributed by atoms with E-state index >= 15 is 0 Å². The van der Waals surface area contributed by atoms with Gasteiger partial charge in [-0.25, -0.2) is 0 Å².